The van der Waals surface area contributed by atoms with Crippen LogP contribution in [0.5, 0.6) is 17.2 Å². The van der Waals surface area contributed by atoms with Gasteiger partial charge in [-0.2, -0.15) is 0 Å². The molecule has 3 aromatic carbocycles. The van der Waals surface area contributed by atoms with Gasteiger partial charge in [0, 0.05) is 22.8 Å². The lowest BCUT2D eigenvalue weighted by molar-refractivity contribution is -0.274. The van der Waals surface area contributed by atoms with Crippen LogP contribution >= 0.6 is 23.2 Å². The molecule has 0 bridgehead atoms. The predicted octanol–water partition coefficient (Wildman–Crippen LogP) is 6.95. The number of benzene rings is 3. The monoisotopic (exact) mass is 539 g/mol. The van der Waals surface area contributed by atoms with Crippen LogP contribution in [-0.2, 0) is 11.2 Å². The molecule has 0 atom stereocenters. The molecule has 0 aliphatic heterocycles. The summed E-state index contributed by atoms with van der Waals surface area (Å²) in [6.45, 7) is 0. The standard InChI is InChI=1S/C24H14Cl2F3NO6/c25-17-7-5-15(10-18(17)26)35-14-6-8-19-16(9-14)22(23(33)34)20(11-21(31)32)30(19)12-1-3-13(4-2-12)36-24(27,28)29/h1-10H,11H2,(H,31,32)(H,33,34). The van der Waals surface area contributed by atoms with Crippen molar-refractivity contribution in [3.05, 3.63) is 82.0 Å². The zero-order valence-corrected chi connectivity index (χ0v) is 19.4. The van der Waals surface area contributed by atoms with Gasteiger partial charge in [0.15, 0.2) is 0 Å². The maximum atomic E-state index is 12.5. The van der Waals surface area contributed by atoms with E-state index in [2.05, 4.69) is 4.74 Å². The smallest absolute Gasteiger partial charge is 0.481 e. The number of nitrogens with zero attached hydrogens (tertiary/aromatic N) is 1. The highest BCUT2D eigenvalue weighted by Gasteiger charge is 2.31. The number of carboxylic acid groups (broad SMARTS) is 2. The zero-order valence-electron chi connectivity index (χ0n) is 17.8. The Kier molecular flexibility index (Phi) is 6.75. The molecule has 0 unspecified atom stereocenters. The highest BCUT2D eigenvalue weighted by atomic mass is 35.5. The molecule has 1 aromatic heterocycles. The van der Waals surface area contributed by atoms with E-state index >= 15 is 0 Å². The Hall–Kier alpha value is -3.89. The largest absolute Gasteiger partial charge is 0.573 e. The molecule has 0 radical (unpaired) electrons. The van der Waals surface area contributed by atoms with Gasteiger partial charge in [0.05, 0.1) is 27.5 Å². The normalized spacial score (nSPS) is 11.5. The summed E-state index contributed by atoms with van der Waals surface area (Å²) in [5, 5.41) is 20.1. The van der Waals surface area contributed by atoms with Gasteiger partial charge in [0.2, 0.25) is 0 Å². The van der Waals surface area contributed by atoms with Crippen LogP contribution in [0.3, 0.4) is 0 Å². The fraction of sp³-hybridized carbons (Fsp3) is 0.0833. The molecule has 4 rings (SSSR count). The Morgan fingerprint density at radius 1 is 0.861 bits per heavy atom. The Bertz CT molecular complexity index is 1480. The highest BCUT2D eigenvalue weighted by Crippen LogP contribution is 2.36. The number of aromatic carboxylic acids is 1. The van der Waals surface area contributed by atoms with Crippen molar-refractivity contribution in [1.29, 1.82) is 0 Å². The lowest BCUT2D eigenvalue weighted by atomic mass is 10.1. The summed E-state index contributed by atoms with van der Waals surface area (Å²) in [5.74, 6) is -2.62. The van der Waals surface area contributed by atoms with Gasteiger partial charge >= 0.3 is 18.3 Å². The first-order valence-electron chi connectivity index (χ1n) is 10.0. The number of aliphatic carboxylic acids is 1. The van der Waals surface area contributed by atoms with Crippen LogP contribution < -0.4 is 9.47 Å². The molecule has 0 spiro atoms. The van der Waals surface area contributed by atoms with E-state index in [0.29, 0.717) is 16.3 Å². The van der Waals surface area contributed by atoms with Crippen molar-refractivity contribution in [3.8, 4) is 22.9 Å². The fourth-order valence-electron chi connectivity index (χ4n) is 3.70. The second-order valence-corrected chi connectivity index (χ2v) is 8.25. The number of hydrogen-bond donors (Lipinski definition) is 2. The SMILES string of the molecule is O=C(O)Cc1c(C(=O)O)c2cc(Oc3ccc(Cl)c(Cl)c3)ccc2n1-c1ccc(OC(F)(F)F)cc1. The average molecular weight is 540 g/mol. The number of aromatic nitrogens is 1. The van der Waals surface area contributed by atoms with Crippen LogP contribution in [-0.4, -0.2) is 33.1 Å². The summed E-state index contributed by atoms with van der Waals surface area (Å²) in [6.07, 6.45) is -5.56. The molecule has 36 heavy (non-hydrogen) atoms. The molecule has 2 N–H and O–H groups in total. The lowest BCUT2D eigenvalue weighted by Gasteiger charge is -2.13. The quantitative estimate of drug-likeness (QED) is 0.263. The lowest BCUT2D eigenvalue weighted by Crippen LogP contribution is -2.17. The third-order valence-corrected chi connectivity index (χ3v) is 5.76. The van der Waals surface area contributed by atoms with Crippen molar-refractivity contribution in [2.45, 2.75) is 12.8 Å². The number of carbonyl (C=O) groups is 2. The maximum absolute atomic E-state index is 12.5. The van der Waals surface area contributed by atoms with E-state index in [9.17, 15) is 33.0 Å². The Morgan fingerprint density at radius 3 is 2.06 bits per heavy atom. The molecule has 186 valence electrons. The van der Waals surface area contributed by atoms with E-state index in [-0.39, 0.29) is 33.1 Å². The summed E-state index contributed by atoms with van der Waals surface area (Å²) in [7, 11) is 0. The molecule has 0 aliphatic carbocycles. The summed E-state index contributed by atoms with van der Waals surface area (Å²) < 4.78 is 48.6. The van der Waals surface area contributed by atoms with E-state index in [1.54, 1.807) is 6.07 Å². The molecule has 0 fully saturated rings. The van der Waals surface area contributed by atoms with Crippen molar-refractivity contribution in [2.75, 3.05) is 0 Å². The van der Waals surface area contributed by atoms with Gasteiger partial charge in [-0.25, -0.2) is 4.79 Å². The van der Waals surface area contributed by atoms with E-state index in [1.165, 1.54) is 47.0 Å². The minimum atomic E-state index is -4.89. The molecular formula is C24H14Cl2F3NO6. The maximum Gasteiger partial charge on any atom is 0.573 e. The van der Waals surface area contributed by atoms with Gasteiger partial charge < -0.3 is 24.3 Å². The van der Waals surface area contributed by atoms with E-state index in [4.69, 9.17) is 27.9 Å². The molecule has 7 nitrogen and oxygen atoms in total. The predicted molar refractivity (Wildman–Crippen MR) is 125 cm³/mol. The fourth-order valence-corrected chi connectivity index (χ4v) is 3.99. The first-order valence-corrected chi connectivity index (χ1v) is 10.8. The second kappa shape index (κ2) is 9.63. The molecule has 0 aliphatic rings. The number of hydrogen-bond acceptors (Lipinski definition) is 4. The van der Waals surface area contributed by atoms with Crippen LogP contribution in [0.25, 0.3) is 16.6 Å². The first-order chi connectivity index (χ1) is 16.9. The van der Waals surface area contributed by atoms with Crippen molar-refractivity contribution >= 4 is 46.0 Å². The third kappa shape index (κ3) is 5.34. The minimum Gasteiger partial charge on any atom is -0.481 e. The van der Waals surface area contributed by atoms with Gasteiger partial charge in [-0.05, 0) is 54.6 Å². The molecule has 4 aromatic rings. The Labute approximate surface area is 210 Å². The Balaban J connectivity index is 1.86. The van der Waals surface area contributed by atoms with Gasteiger partial charge in [0.25, 0.3) is 0 Å². The second-order valence-electron chi connectivity index (χ2n) is 7.43. The summed E-state index contributed by atoms with van der Waals surface area (Å²) in [6, 6.07) is 13.6. The number of fused-ring (bicyclic) bond motifs is 1. The van der Waals surface area contributed by atoms with Gasteiger partial charge in [-0.3, -0.25) is 4.79 Å². The molecule has 0 saturated carbocycles. The van der Waals surface area contributed by atoms with Crippen LogP contribution in [0.15, 0.2) is 60.7 Å². The van der Waals surface area contributed by atoms with Gasteiger partial charge in [0.1, 0.15) is 17.2 Å². The summed E-state index contributed by atoms with van der Waals surface area (Å²) >= 11 is 11.9. The van der Waals surface area contributed by atoms with Gasteiger partial charge in [-0.15, -0.1) is 13.2 Å². The zero-order chi connectivity index (χ0) is 26.2. The van der Waals surface area contributed by atoms with Crippen molar-refractivity contribution < 1.29 is 42.4 Å². The van der Waals surface area contributed by atoms with Crippen molar-refractivity contribution in [2.24, 2.45) is 0 Å². The molecule has 1 heterocycles. The molecular weight excluding hydrogens is 526 g/mol. The molecule has 0 saturated heterocycles. The number of rotatable bonds is 7. The highest BCUT2D eigenvalue weighted by molar-refractivity contribution is 6.42. The topological polar surface area (TPSA) is 98.0 Å². The minimum absolute atomic E-state index is 0.0822. The van der Waals surface area contributed by atoms with Crippen LogP contribution in [0.4, 0.5) is 13.2 Å². The van der Waals surface area contributed by atoms with Crippen molar-refractivity contribution in [3.63, 3.8) is 0 Å². The number of alkyl halides is 3. The molecule has 0 amide bonds. The van der Waals surface area contributed by atoms with Crippen LogP contribution in [0, 0.1) is 0 Å². The van der Waals surface area contributed by atoms with Crippen LogP contribution in [0.1, 0.15) is 16.1 Å². The third-order valence-electron chi connectivity index (χ3n) is 5.02. The average Bonchev–Trinajstić information content (AvgIpc) is 3.08. The summed E-state index contributed by atoms with van der Waals surface area (Å²) in [4.78, 5) is 23.8. The van der Waals surface area contributed by atoms with E-state index in [0.717, 1.165) is 12.1 Å². The van der Waals surface area contributed by atoms with E-state index < -0.39 is 30.5 Å². The number of carboxylic acids is 2. The number of halogens is 5. The first kappa shape index (κ1) is 25.2. The summed E-state index contributed by atoms with van der Waals surface area (Å²) in [5.41, 5.74) is 0.162. The van der Waals surface area contributed by atoms with E-state index in [1.807, 2.05) is 0 Å². The van der Waals surface area contributed by atoms with Crippen molar-refractivity contribution in [1.82, 2.24) is 4.57 Å². The Morgan fingerprint density at radius 2 is 1.47 bits per heavy atom. The van der Waals surface area contributed by atoms with Crippen LogP contribution in [0.2, 0.25) is 10.0 Å². The number of ether oxygens (including phenoxy) is 2. The van der Waals surface area contributed by atoms with Gasteiger partial charge in [-0.1, -0.05) is 23.2 Å². The molecule has 12 heteroatoms.